The van der Waals surface area contributed by atoms with Crippen LogP contribution in [0, 0.1) is 5.82 Å². The summed E-state index contributed by atoms with van der Waals surface area (Å²) in [5.74, 6) is -0.148. The minimum absolute atomic E-state index is 0.131. The lowest BCUT2D eigenvalue weighted by atomic mass is 10.1. The number of benzene rings is 2. The maximum atomic E-state index is 14.6. The van der Waals surface area contributed by atoms with Gasteiger partial charge < -0.3 is 4.74 Å². The fourth-order valence-electron chi connectivity index (χ4n) is 2.66. The second kappa shape index (κ2) is 8.26. The summed E-state index contributed by atoms with van der Waals surface area (Å²) in [7, 11) is 0. The van der Waals surface area contributed by atoms with E-state index in [-0.39, 0.29) is 6.61 Å². The van der Waals surface area contributed by atoms with E-state index in [0.29, 0.717) is 28.3 Å². The Morgan fingerprint density at radius 2 is 1.97 bits per heavy atom. The van der Waals surface area contributed by atoms with Gasteiger partial charge in [0.25, 0.3) is 0 Å². The second-order valence-corrected chi connectivity index (χ2v) is 6.05. The number of rotatable bonds is 5. The Hall–Kier alpha value is -4.14. The van der Waals surface area contributed by atoms with Crippen LogP contribution >= 0.6 is 0 Å². The molecule has 0 unspecified atom stereocenters. The van der Waals surface area contributed by atoms with E-state index in [2.05, 4.69) is 30.9 Å². The van der Waals surface area contributed by atoms with Crippen LogP contribution in [0.25, 0.3) is 22.6 Å². The summed E-state index contributed by atoms with van der Waals surface area (Å²) >= 11 is 0. The molecule has 0 radical (unpaired) electrons. The molecule has 4 rings (SSSR count). The van der Waals surface area contributed by atoms with E-state index in [1.54, 1.807) is 24.3 Å². The lowest BCUT2D eigenvalue weighted by molar-refractivity contribution is 0.155. The summed E-state index contributed by atoms with van der Waals surface area (Å²) in [5.41, 5.74) is 2.59. The Morgan fingerprint density at radius 3 is 2.66 bits per heavy atom. The molecule has 29 heavy (non-hydrogen) atoms. The minimum Gasteiger partial charge on any atom is -0.444 e. The van der Waals surface area contributed by atoms with Crippen molar-refractivity contribution in [3.63, 3.8) is 0 Å². The van der Waals surface area contributed by atoms with Gasteiger partial charge in [0.15, 0.2) is 0 Å². The Balaban J connectivity index is 1.41. The number of aromatic amines is 1. The molecule has 0 fully saturated rings. The molecule has 2 aromatic heterocycles. The number of carbonyl (C=O) groups excluding carboxylic acids is 1. The average molecular weight is 390 g/mol. The van der Waals surface area contributed by atoms with Crippen LogP contribution in [0.15, 0.2) is 66.9 Å². The zero-order chi connectivity index (χ0) is 20.1. The molecule has 0 bridgehead atoms. The summed E-state index contributed by atoms with van der Waals surface area (Å²) in [6.07, 6.45) is 0.859. The summed E-state index contributed by atoms with van der Waals surface area (Å²) in [6, 6.07) is 17.0. The first-order valence-electron chi connectivity index (χ1n) is 8.66. The molecule has 2 N–H and O–H groups in total. The maximum absolute atomic E-state index is 14.6. The summed E-state index contributed by atoms with van der Waals surface area (Å²) in [6.45, 7) is 0.131. The molecule has 0 aliphatic carbocycles. The number of carbonyl (C=O) groups is 1. The number of halogens is 1. The zero-order valence-corrected chi connectivity index (χ0v) is 15.0. The quantitative estimate of drug-likeness (QED) is 0.537. The molecule has 4 aromatic rings. The summed E-state index contributed by atoms with van der Waals surface area (Å²) in [5, 5.41) is 16.0. The first-order chi connectivity index (χ1) is 14.2. The van der Waals surface area contributed by atoms with Gasteiger partial charge in [0.2, 0.25) is 5.82 Å². The van der Waals surface area contributed by atoms with Gasteiger partial charge in [-0.2, -0.15) is 5.21 Å². The molecule has 8 nitrogen and oxygen atoms in total. The van der Waals surface area contributed by atoms with Gasteiger partial charge in [-0.15, -0.1) is 10.2 Å². The monoisotopic (exact) mass is 390 g/mol. The lowest BCUT2D eigenvalue weighted by Gasteiger charge is -2.09. The molecule has 0 saturated carbocycles. The Morgan fingerprint density at radius 1 is 1.10 bits per heavy atom. The largest absolute Gasteiger partial charge is 0.444 e. The van der Waals surface area contributed by atoms with E-state index in [1.807, 2.05) is 30.3 Å². The Bertz CT molecular complexity index is 1100. The molecule has 0 aliphatic rings. The van der Waals surface area contributed by atoms with Crippen molar-refractivity contribution in [1.82, 2.24) is 25.6 Å². The first-order valence-corrected chi connectivity index (χ1v) is 8.66. The van der Waals surface area contributed by atoms with Gasteiger partial charge in [-0.05, 0) is 35.0 Å². The molecule has 0 aliphatic heterocycles. The zero-order valence-electron chi connectivity index (χ0n) is 15.0. The third-order valence-corrected chi connectivity index (χ3v) is 4.08. The van der Waals surface area contributed by atoms with E-state index < -0.39 is 11.9 Å². The number of nitrogens with zero attached hydrogens (tertiary/aromatic N) is 4. The molecular formula is C20H15FN6O2. The van der Waals surface area contributed by atoms with Gasteiger partial charge >= 0.3 is 6.09 Å². The molecule has 0 spiro atoms. The predicted octanol–water partition coefficient (Wildman–Crippen LogP) is 3.82. The van der Waals surface area contributed by atoms with E-state index in [4.69, 9.17) is 4.74 Å². The van der Waals surface area contributed by atoms with Crippen molar-refractivity contribution in [3.8, 4) is 22.6 Å². The van der Waals surface area contributed by atoms with Crippen molar-refractivity contribution < 1.29 is 13.9 Å². The second-order valence-electron chi connectivity index (χ2n) is 6.05. The van der Waals surface area contributed by atoms with Gasteiger partial charge in [0.05, 0.1) is 0 Å². The van der Waals surface area contributed by atoms with Crippen LogP contribution in [-0.4, -0.2) is 31.7 Å². The van der Waals surface area contributed by atoms with Gasteiger partial charge in [-0.25, -0.2) is 9.18 Å². The number of H-pyrrole nitrogens is 1. The number of amides is 1. The average Bonchev–Trinajstić information content (AvgIpc) is 3.28. The highest BCUT2D eigenvalue weighted by molar-refractivity contribution is 5.85. The molecular weight excluding hydrogens is 375 g/mol. The van der Waals surface area contributed by atoms with Crippen LogP contribution in [0.2, 0.25) is 0 Å². The number of anilines is 1. The number of pyridine rings is 1. The van der Waals surface area contributed by atoms with Gasteiger partial charge in [-0.3, -0.25) is 10.3 Å². The van der Waals surface area contributed by atoms with Gasteiger partial charge in [-0.1, -0.05) is 36.4 Å². The Labute approximate surface area is 164 Å². The lowest BCUT2D eigenvalue weighted by Crippen LogP contribution is -2.13. The number of hydrogen-bond donors (Lipinski definition) is 2. The van der Waals surface area contributed by atoms with Gasteiger partial charge in [0, 0.05) is 23.0 Å². The van der Waals surface area contributed by atoms with E-state index >= 15 is 0 Å². The highest BCUT2D eigenvalue weighted by Gasteiger charge is 2.11. The van der Waals surface area contributed by atoms with Crippen LogP contribution in [-0.2, 0) is 11.3 Å². The smallest absolute Gasteiger partial charge is 0.411 e. The van der Waals surface area contributed by atoms with Crippen LogP contribution in [0.1, 0.15) is 5.56 Å². The maximum Gasteiger partial charge on any atom is 0.411 e. The highest BCUT2D eigenvalue weighted by Crippen LogP contribution is 2.26. The Kier molecular flexibility index (Phi) is 5.19. The third kappa shape index (κ3) is 4.41. The van der Waals surface area contributed by atoms with Gasteiger partial charge in [0.1, 0.15) is 18.1 Å². The number of nitrogens with one attached hydrogen (secondary N) is 2. The predicted molar refractivity (Wildman–Crippen MR) is 103 cm³/mol. The molecule has 0 saturated heterocycles. The van der Waals surface area contributed by atoms with Crippen molar-refractivity contribution in [3.05, 3.63) is 78.2 Å². The van der Waals surface area contributed by atoms with Crippen molar-refractivity contribution in [2.75, 3.05) is 5.32 Å². The van der Waals surface area contributed by atoms with Crippen LogP contribution in [0.5, 0.6) is 0 Å². The number of tetrazole rings is 1. The number of ether oxygens (including phenoxy) is 1. The number of aromatic nitrogens is 5. The minimum atomic E-state index is -0.660. The number of hydrogen-bond acceptors (Lipinski definition) is 6. The standard InChI is InChI=1S/C20H15FN6O2/c21-17-10-15(23-20(28)29-12-13-4-2-1-3-5-13)7-8-16(17)14-6-9-18(22-11-14)19-24-26-27-25-19/h1-11H,12H2,(H,23,28)(H,24,25,26,27). The normalized spacial score (nSPS) is 10.5. The first kappa shape index (κ1) is 18.2. The summed E-state index contributed by atoms with van der Waals surface area (Å²) in [4.78, 5) is 16.1. The molecule has 2 aromatic carbocycles. The van der Waals surface area contributed by atoms with Crippen molar-refractivity contribution in [2.24, 2.45) is 0 Å². The van der Waals surface area contributed by atoms with Crippen LogP contribution in [0.4, 0.5) is 14.9 Å². The molecule has 9 heteroatoms. The summed E-state index contributed by atoms with van der Waals surface area (Å²) < 4.78 is 19.7. The molecule has 0 atom stereocenters. The van der Waals surface area contributed by atoms with Crippen molar-refractivity contribution in [1.29, 1.82) is 0 Å². The van der Waals surface area contributed by atoms with Crippen molar-refractivity contribution in [2.45, 2.75) is 6.61 Å². The third-order valence-electron chi connectivity index (χ3n) is 4.08. The van der Waals surface area contributed by atoms with E-state index in [9.17, 15) is 9.18 Å². The fraction of sp³-hybridized carbons (Fsp3) is 0.0500. The SMILES string of the molecule is O=C(Nc1ccc(-c2ccc(-c3nn[nH]n3)nc2)c(F)c1)OCc1ccccc1. The molecule has 2 heterocycles. The van der Waals surface area contributed by atoms with Crippen molar-refractivity contribution >= 4 is 11.8 Å². The highest BCUT2D eigenvalue weighted by atomic mass is 19.1. The molecule has 144 valence electrons. The van der Waals surface area contributed by atoms with E-state index in [0.717, 1.165) is 5.56 Å². The van der Waals surface area contributed by atoms with E-state index in [1.165, 1.54) is 12.3 Å². The fourth-order valence-corrected chi connectivity index (χ4v) is 2.66. The van der Waals surface area contributed by atoms with Crippen LogP contribution < -0.4 is 5.32 Å². The van der Waals surface area contributed by atoms with Crippen LogP contribution in [0.3, 0.4) is 0 Å². The topological polar surface area (TPSA) is 106 Å². The molecule has 1 amide bonds.